The van der Waals surface area contributed by atoms with Crippen LogP contribution in [-0.2, 0) is 25.2 Å². The van der Waals surface area contributed by atoms with Gasteiger partial charge in [-0.15, -0.1) is 0 Å². The Bertz CT molecular complexity index is 1130. The predicted molar refractivity (Wildman–Crippen MR) is 123 cm³/mol. The summed E-state index contributed by atoms with van der Waals surface area (Å²) in [5.41, 5.74) is 1.67. The first kappa shape index (κ1) is 26.1. The third-order valence-corrected chi connectivity index (χ3v) is 5.35. The van der Waals surface area contributed by atoms with Gasteiger partial charge in [0.1, 0.15) is 0 Å². The summed E-state index contributed by atoms with van der Waals surface area (Å²) in [5.74, 6) is -2.18. The van der Waals surface area contributed by atoms with Crippen LogP contribution in [0.4, 0.5) is 13.2 Å². The Balaban J connectivity index is 2.19. The molecule has 35 heavy (non-hydrogen) atoms. The van der Waals surface area contributed by atoms with Crippen LogP contribution in [0.1, 0.15) is 58.6 Å². The highest BCUT2D eigenvalue weighted by Crippen LogP contribution is 2.43. The molecule has 0 saturated heterocycles. The van der Waals surface area contributed by atoms with Gasteiger partial charge >= 0.3 is 18.1 Å². The zero-order valence-electron chi connectivity index (χ0n) is 20.3. The number of halogens is 3. The quantitative estimate of drug-likeness (QED) is 0.538. The maximum absolute atomic E-state index is 13.2. The van der Waals surface area contributed by atoms with Gasteiger partial charge in [-0.1, -0.05) is 12.1 Å². The molecule has 2 N–H and O–H groups in total. The second-order valence-electron chi connectivity index (χ2n) is 8.81. The SMILES string of the molecule is CC1=C(C(=O)OC(C)C)C(c2c[nH]nc2-c2ccc(C(F)(F)F)cc2)C(C(=O)OC(C)C)=C(C)N1. The molecular weight excluding hydrogens is 463 g/mol. The molecule has 1 aromatic carbocycles. The monoisotopic (exact) mass is 491 g/mol. The van der Waals surface area contributed by atoms with Crippen LogP contribution in [0.5, 0.6) is 0 Å². The van der Waals surface area contributed by atoms with E-state index in [9.17, 15) is 22.8 Å². The number of aromatic nitrogens is 2. The Kier molecular flexibility index (Phi) is 7.42. The Morgan fingerprint density at radius 3 is 1.83 bits per heavy atom. The van der Waals surface area contributed by atoms with Gasteiger partial charge in [0.15, 0.2) is 0 Å². The fourth-order valence-corrected chi connectivity index (χ4v) is 3.97. The minimum absolute atomic E-state index is 0.189. The van der Waals surface area contributed by atoms with E-state index in [0.29, 0.717) is 28.2 Å². The summed E-state index contributed by atoms with van der Waals surface area (Å²) >= 11 is 0. The van der Waals surface area contributed by atoms with E-state index in [4.69, 9.17) is 9.47 Å². The molecule has 1 aliphatic rings. The van der Waals surface area contributed by atoms with Crippen LogP contribution in [0, 0.1) is 0 Å². The number of dihydropyridines is 1. The van der Waals surface area contributed by atoms with Gasteiger partial charge in [0.2, 0.25) is 0 Å². The van der Waals surface area contributed by atoms with Gasteiger partial charge in [0.05, 0.1) is 40.5 Å². The third kappa shape index (κ3) is 5.58. The number of aromatic amines is 1. The fourth-order valence-electron chi connectivity index (χ4n) is 3.97. The van der Waals surface area contributed by atoms with E-state index in [1.165, 1.54) is 18.3 Å². The van der Waals surface area contributed by atoms with Crippen LogP contribution in [0.2, 0.25) is 0 Å². The summed E-state index contributed by atoms with van der Waals surface area (Å²) in [6.07, 6.45) is -3.79. The minimum Gasteiger partial charge on any atom is -0.460 e. The Labute approximate surface area is 201 Å². The number of hydrogen-bond donors (Lipinski definition) is 2. The summed E-state index contributed by atoms with van der Waals surface area (Å²) in [7, 11) is 0. The summed E-state index contributed by atoms with van der Waals surface area (Å²) in [6, 6.07) is 4.52. The number of nitrogens with zero attached hydrogens (tertiary/aromatic N) is 1. The number of hydrogen-bond acceptors (Lipinski definition) is 6. The number of H-pyrrole nitrogens is 1. The van der Waals surface area contributed by atoms with Gasteiger partial charge in [-0.05, 0) is 53.7 Å². The number of rotatable bonds is 6. The number of benzene rings is 1. The van der Waals surface area contributed by atoms with E-state index < -0.39 is 41.8 Å². The lowest BCUT2D eigenvalue weighted by Gasteiger charge is -2.31. The van der Waals surface area contributed by atoms with Crippen molar-refractivity contribution in [3.63, 3.8) is 0 Å². The maximum Gasteiger partial charge on any atom is 0.416 e. The zero-order chi connectivity index (χ0) is 26.1. The molecule has 188 valence electrons. The van der Waals surface area contributed by atoms with Crippen molar-refractivity contribution in [3.05, 3.63) is 64.1 Å². The van der Waals surface area contributed by atoms with Gasteiger partial charge < -0.3 is 14.8 Å². The second kappa shape index (κ2) is 9.97. The molecule has 0 bridgehead atoms. The Morgan fingerprint density at radius 1 is 0.914 bits per heavy atom. The van der Waals surface area contributed by atoms with Crippen LogP contribution < -0.4 is 5.32 Å². The van der Waals surface area contributed by atoms with E-state index in [0.717, 1.165) is 12.1 Å². The lowest BCUT2D eigenvalue weighted by atomic mass is 9.79. The van der Waals surface area contributed by atoms with Gasteiger partial charge in [0.25, 0.3) is 0 Å². The average molecular weight is 492 g/mol. The van der Waals surface area contributed by atoms with Crippen molar-refractivity contribution >= 4 is 11.9 Å². The number of carbonyl (C=O) groups is 2. The molecule has 0 fully saturated rings. The van der Waals surface area contributed by atoms with Crippen LogP contribution in [0.3, 0.4) is 0 Å². The van der Waals surface area contributed by atoms with Crippen LogP contribution >= 0.6 is 0 Å². The molecule has 0 unspecified atom stereocenters. The van der Waals surface area contributed by atoms with Crippen molar-refractivity contribution in [1.29, 1.82) is 0 Å². The molecule has 1 aliphatic heterocycles. The molecule has 3 rings (SSSR count). The van der Waals surface area contributed by atoms with Gasteiger partial charge in [-0.3, -0.25) is 5.10 Å². The van der Waals surface area contributed by atoms with Gasteiger partial charge in [0, 0.05) is 28.7 Å². The Hall–Kier alpha value is -3.56. The highest BCUT2D eigenvalue weighted by Gasteiger charge is 2.40. The smallest absolute Gasteiger partial charge is 0.416 e. The van der Waals surface area contributed by atoms with Crippen molar-refractivity contribution in [2.75, 3.05) is 0 Å². The molecule has 0 saturated carbocycles. The maximum atomic E-state index is 13.2. The summed E-state index contributed by atoms with van der Waals surface area (Å²) in [6.45, 7) is 10.2. The first-order valence-corrected chi connectivity index (χ1v) is 11.1. The van der Waals surface area contributed by atoms with E-state index >= 15 is 0 Å². The molecule has 0 amide bonds. The lowest BCUT2D eigenvalue weighted by Crippen LogP contribution is -2.33. The minimum atomic E-state index is -4.48. The van der Waals surface area contributed by atoms with Crippen molar-refractivity contribution in [3.8, 4) is 11.3 Å². The van der Waals surface area contributed by atoms with Crippen LogP contribution in [0.25, 0.3) is 11.3 Å². The molecule has 0 atom stereocenters. The number of alkyl halides is 3. The largest absolute Gasteiger partial charge is 0.460 e. The number of esters is 2. The van der Waals surface area contributed by atoms with E-state index in [2.05, 4.69) is 15.5 Å². The standard InChI is InChI=1S/C25H28F3N3O4/c1-12(2)34-23(32)19-14(5)30-15(6)20(24(33)35-13(3)4)21(19)18-11-29-31-22(18)16-7-9-17(10-8-16)25(26,27)28/h7-13,21,30H,1-6H3,(H,29,31). The normalized spacial score (nSPS) is 15.1. The summed E-state index contributed by atoms with van der Waals surface area (Å²) in [5, 5.41) is 10.0. The second-order valence-corrected chi connectivity index (χ2v) is 8.81. The first-order chi connectivity index (χ1) is 16.3. The average Bonchev–Trinajstić information content (AvgIpc) is 3.20. The lowest BCUT2D eigenvalue weighted by molar-refractivity contribution is -0.144. The number of allylic oxidation sites excluding steroid dienone is 2. The van der Waals surface area contributed by atoms with E-state index in [1.54, 1.807) is 41.5 Å². The highest BCUT2D eigenvalue weighted by molar-refractivity contribution is 6.00. The number of ether oxygens (including phenoxy) is 2. The molecule has 1 aromatic heterocycles. The number of carbonyl (C=O) groups excluding carboxylic acids is 2. The number of nitrogens with one attached hydrogen (secondary N) is 2. The molecule has 10 heteroatoms. The molecule has 7 nitrogen and oxygen atoms in total. The van der Waals surface area contributed by atoms with Crippen molar-refractivity contribution in [2.24, 2.45) is 0 Å². The molecule has 0 radical (unpaired) electrons. The molecule has 0 spiro atoms. The summed E-state index contributed by atoms with van der Waals surface area (Å²) < 4.78 is 50.1. The van der Waals surface area contributed by atoms with Gasteiger partial charge in [-0.25, -0.2) is 9.59 Å². The van der Waals surface area contributed by atoms with E-state index in [1.807, 2.05) is 0 Å². The third-order valence-electron chi connectivity index (χ3n) is 5.35. The molecular formula is C25H28F3N3O4. The fraction of sp³-hybridized carbons (Fsp3) is 0.400. The predicted octanol–water partition coefficient (Wildman–Crippen LogP) is 5.23. The van der Waals surface area contributed by atoms with Gasteiger partial charge in [-0.2, -0.15) is 18.3 Å². The molecule has 2 aromatic rings. The van der Waals surface area contributed by atoms with E-state index in [-0.39, 0.29) is 11.1 Å². The van der Waals surface area contributed by atoms with Crippen LogP contribution in [-0.4, -0.2) is 34.3 Å². The van der Waals surface area contributed by atoms with Crippen molar-refractivity contribution in [2.45, 2.75) is 65.8 Å². The zero-order valence-corrected chi connectivity index (χ0v) is 20.3. The topological polar surface area (TPSA) is 93.3 Å². The summed E-state index contributed by atoms with van der Waals surface area (Å²) in [4.78, 5) is 26.3. The highest BCUT2D eigenvalue weighted by atomic mass is 19.4. The molecule has 0 aliphatic carbocycles. The first-order valence-electron chi connectivity index (χ1n) is 11.1. The van der Waals surface area contributed by atoms with Crippen LogP contribution in [0.15, 0.2) is 53.0 Å². The molecule has 2 heterocycles. The van der Waals surface area contributed by atoms with Crippen molar-refractivity contribution in [1.82, 2.24) is 15.5 Å². The van der Waals surface area contributed by atoms with Crippen molar-refractivity contribution < 1.29 is 32.2 Å². The Morgan fingerprint density at radius 2 is 1.40 bits per heavy atom.